The third kappa shape index (κ3) is 3.43. The van der Waals surface area contributed by atoms with Crippen molar-refractivity contribution in [2.75, 3.05) is 18.0 Å². The molecule has 4 atom stereocenters. The highest BCUT2D eigenvalue weighted by Crippen LogP contribution is 2.44. The van der Waals surface area contributed by atoms with E-state index in [-0.39, 0.29) is 0 Å². The van der Waals surface area contributed by atoms with Crippen LogP contribution in [0, 0.1) is 24.7 Å². The minimum Gasteiger partial charge on any atom is -0.355 e. The third-order valence-corrected chi connectivity index (χ3v) is 8.06. The molecule has 0 unspecified atom stereocenters. The molecule has 3 saturated heterocycles. The number of aryl methyl sites for hydroxylation is 1. The van der Waals surface area contributed by atoms with Gasteiger partial charge in [0.1, 0.15) is 16.5 Å². The molecule has 29 heavy (non-hydrogen) atoms. The van der Waals surface area contributed by atoms with E-state index in [1.165, 1.54) is 24.6 Å². The quantitative estimate of drug-likeness (QED) is 0.734. The minimum atomic E-state index is 0.398. The van der Waals surface area contributed by atoms with Crippen LogP contribution in [0.5, 0.6) is 0 Å². The van der Waals surface area contributed by atoms with Crippen molar-refractivity contribution in [3.05, 3.63) is 17.3 Å². The van der Waals surface area contributed by atoms with Crippen molar-refractivity contribution >= 4 is 33.3 Å². The molecule has 3 aliphatic heterocycles. The fourth-order valence-electron chi connectivity index (χ4n) is 6.01. The van der Waals surface area contributed by atoms with Gasteiger partial charge in [0.2, 0.25) is 5.91 Å². The number of anilines is 1. The fraction of sp³-hybridized carbons (Fsp3) is 0.696. The van der Waals surface area contributed by atoms with E-state index in [9.17, 15) is 4.79 Å². The molecule has 5 nitrogen and oxygen atoms in total. The molecule has 6 heteroatoms. The number of amides is 1. The van der Waals surface area contributed by atoms with E-state index >= 15 is 0 Å². The molecule has 2 aromatic rings. The van der Waals surface area contributed by atoms with Crippen LogP contribution in [0.15, 0.2) is 11.4 Å². The van der Waals surface area contributed by atoms with Crippen LogP contribution in [0.4, 0.5) is 5.82 Å². The summed E-state index contributed by atoms with van der Waals surface area (Å²) in [7, 11) is 0. The molecule has 0 radical (unpaired) electrons. The first-order chi connectivity index (χ1) is 14.0. The summed E-state index contributed by atoms with van der Waals surface area (Å²) in [5.41, 5.74) is 0. The maximum Gasteiger partial charge on any atom is 0.223 e. The summed E-state index contributed by atoms with van der Waals surface area (Å²) in [6, 6.07) is 3.00. The molecule has 156 valence electrons. The van der Waals surface area contributed by atoms with Crippen LogP contribution < -0.4 is 4.90 Å². The topological polar surface area (TPSA) is 49.3 Å². The molecule has 2 aromatic heterocycles. The van der Waals surface area contributed by atoms with Gasteiger partial charge >= 0.3 is 0 Å². The van der Waals surface area contributed by atoms with Gasteiger partial charge in [-0.05, 0) is 68.2 Å². The lowest BCUT2D eigenvalue weighted by Crippen LogP contribution is -2.65. The number of thiophene rings is 1. The van der Waals surface area contributed by atoms with Gasteiger partial charge < -0.3 is 9.80 Å². The lowest BCUT2D eigenvalue weighted by molar-refractivity contribution is -0.149. The van der Waals surface area contributed by atoms with E-state index in [1.807, 2.05) is 6.92 Å². The zero-order valence-electron chi connectivity index (χ0n) is 17.8. The summed E-state index contributed by atoms with van der Waals surface area (Å²) in [5.74, 6) is 4.18. The molecule has 5 heterocycles. The van der Waals surface area contributed by atoms with Crippen molar-refractivity contribution < 1.29 is 4.79 Å². The second-order valence-corrected chi connectivity index (χ2v) is 10.6. The first-order valence-corrected chi connectivity index (χ1v) is 12.2. The molecule has 3 aliphatic rings. The first kappa shape index (κ1) is 19.3. The smallest absolute Gasteiger partial charge is 0.223 e. The summed E-state index contributed by atoms with van der Waals surface area (Å²) in [6.45, 7) is 8.62. The predicted molar refractivity (Wildman–Crippen MR) is 118 cm³/mol. The number of piperidine rings is 3. The van der Waals surface area contributed by atoms with Crippen LogP contribution in [0.3, 0.4) is 0 Å². The van der Waals surface area contributed by atoms with Gasteiger partial charge in [-0.1, -0.05) is 13.8 Å². The van der Waals surface area contributed by atoms with E-state index in [2.05, 4.69) is 40.1 Å². The second kappa shape index (κ2) is 7.53. The number of nitrogens with zero attached hydrogens (tertiary/aromatic N) is 4. The number of rotatable bonds is 4. The molecule has 0 spiro atoms. The number of carbonyl (C=O) groups is 1. The van der Waals surface area contributed by atoms with Gasteiger partial charge in [-0.25, -0.2) is 9.97 Å². The zero-order chi connectivity index (χ0) is 20.1. The van der Waals surface area contributed by atoms with Crippen LogP contribution in [0.25, 0.3) is 10.2 Å². The Kier molecular flexibility index (Phi) is 5.01. The number of carbonyl (C=O) groups excluding carboxylic acids is 1. The Morgan fingerprint density at radius 2 is 2.07 bits per heavy atom. The minimum absolute atomic E-state index is 0.398. The van der Waals surface area contributed by atoms with E-state index < -0.39 is 0 Å². The van der Waals surface area contributed by atoms with Crippen molar-refractivity contribution in [3.63, 3.8) is 0 Å². The van der Waals surface area contributed by atoms with Crippen LogP contribution in [0.2, 0.25) is 0 Å². The number of fused-ring (bicyclic) bond motifs is 5. The first-order valence-electron chi connectivity index (χ1n) is 11.3. The van der Waals surface area contributed by atoms with Crippen molar-refractivity contribution in [2.24, 2.45) is 17.8 Å². The molecule has 1 amide bonds. The summed E-state index contributed by atoms with van der Waals surface area (Å²) in [6.07, 6.45) is 6.58. The molecule has 0 aromatic carbocycles. The highest BCUT2D eigenvalue weighted by molar-refractivity contribution is 7.16. The third-order valence-electron chi connectivity index (χ3n) is 7.25. The van der Waals surface area contributed by atoms with Gasteiger partial charge in [0, 0.05) is 31.6 Å². The molecule has 0 N–H and O–H groups in total. The fourth-order valence-corrected chi connectivity index (χ4v) is 6.81. The molecule has 0 aliphatic carbocycles. The maximum atomic E-state index is 12.9. The van der Waals surface area contributed by atoms with Gasteiger partial charge in [-0.2, -0.15) is 0 Å². The average Bonchev–Trinajstić information content (AvgIpc) is 3.15. The summed E-state index contributed by atoms with van der Waals surface area (Å²) in [5, 5.41) is 3.32. The molecular formula is C23H32N4OS. The van der Waals surface area contributed by atoms with Crippen molar-refractivity contribution in [1.82, 2.24) is 14.9 Å². The summed E-state index contributed by atoms with van der Waals surface area (Å²) in [4.78, 5) is 28.4. The average molecular weight is 413 g/mol. The number of aromatic nitrogens is 2. The Morgan fingerprint density at radius 1 is 1.24 bits per heavy atom. The van der Waals surface area contributed by atoms with Gasteiger partial charge in [0.05, 0.1) is 5.39 Å². The van der Waals surface area contributed by atoms with E-state index in [0.29, 0.717) is 35.7 Å². The van der Waals surface area contributed by atoms with Crippen LogP contribution in [-0.4, -0.2) is 45.9 Å². The van der Waals surface area contributed by atoms with Crippen molar-refractivity contribution in [1.29, 1.82) is 0 Å². The monoisotopic (exact) mass is 412 g/mol. The molecule has 5 rings (SSSR count). The second-order valence-electron chi connectivity index (χ2n) is 9.69. The Morgan fingerprint density at radius 3 is 2.90 bits per heavy atom. The number of hydrogen-bond acceptors (Lipinski definition) is 5. The molecule has 2 bridgehead atoms. The van der Waals surface area contributed by atoms with Gasteiger partial charge in [0.25, 0.3) is 0 Å². The van der Waals surface area contributed by atoms with Gasteiger partial charge in [-0.3, -0.25) is 4.79 Å². The SMILES string of the molecule is Cc1nc(N2C[C@H]3C[C@@H](C2)[C@H](CCC(C)C)N2C(=O)CCC[C@@H]32)c2ccsc2n1. The van der Waals surface area contributed by atoms with E-state index in [1.54, 1.807) is 11.3 Å². The largest absolute Gasteiger partial charge is 0.355 e. The zero-order valence-corrected chi connectivity index (χ0v) is 18.6. The Bertz CT molecular complexity index is 909. The highest BCUT2D eigenvalue weighted by atomic mass is 32.1. The summed E-state index contributed by atoms with van der Waals surface area (Å²) >= 11 is 1.70. The van der Waals surface area contributed by atoms with Crippen LogP contribution in [0.1, 0.15) is 58.2 Å². The van der Waals surface area contributed by atoms with E-state index in [0.717, 1.165) is 48.8 Å². The Hall–Kier alpha value is -1.69. The maximum absolute atomic E-state index is 12.9. The predicted octanol–water partition coefficient (Wildman–Crippen LogP) is 4.64. The lowest BCUT2D eigenvalue weighted by Gasteiger charge is -2.57. The van der Waals surface area contributed by atoms with Crippen molar-refractivity contribution in [3.8, 4) is 0 Å². The lowest BCUT2D eigenvalue weighted by atomic mass is 9.70. The van der Waals surface area contributed by atoms with E-state index in [4.69, 9.17) is 4.98 Å². The van der Waals surface area contributed by atoms with Gasteiger partial charge in [-0.15, -0.1) is 11.3 Å². The Balaban J connectivity index is 1.49. The highest BCUT2D eigenvalue weighted by Gasteiger charge is 2.49. The molecule has 0 saturated carbocycles. The molecular weight excluding hydrogens is 380 g/mol. The van der Waals surface area contributed by atoms with Gasteiger partial charge in [0.15, 0.2) is 0 Å². The normalized spacial score (nSPS) is 29.6. The standard InChI is InChI=1S/C23H32N4OS/c1-14(2)7-8-20-17-11-16(19-5-4-6-21(28)27(19)20)12-26(13-17)22-18-9-10-29-23(18)25-15(3)24-22/h9-10,14,16-17,19-20H,4-8,11-13H2,1-3H3/t16-,17+,19+,20+/m1/s1. The summed E-state index contributed by atoms with van der Waals surface area (Å²) < 4.78 is 0. The molecule has 3 fully saturated rings. The Labute approximate surface area is 177 Å². The number of hydrogen-bond donors (Lipinski definition) is 0. The van der Waals surface area contributed by atoms with Crippen molar-refractivity contribution in [2.45, 2.75) is 71.4 Å². The van der Waals surface area contributed by atoms with Crippen LogP contribution >= 0.6 is 11.3 Å². The van der Waals surface area contributed by atoms with Crippen LogP contribution in [-0.2, 0) is 4.79 Å².